The van der Waals surface area contributed by atoms with E-state index in [1.807, 2.05) is 6.92 Å². The standard InChI is InChI=1S/C10H18O6/c1-2-3-4-15-10-9(14)8(13)7(12)6(5-11)16-10/h2-3,6-14H,4-5H2,1H3/t6-,7-,8+,9-,10?/m1/s1. The Morgan fingerprint density at radius 2 is 1.88 bits per heavy atom. The molecule has 1 aliphatic rings. The predicted octanol–water partition coefficient (Wildman–Crippen LogP) is -1.62. The topological polar surface area (TPSA) is 99.4 Å². The van der Waals surface area contributed by atoms with Crippen LogP contribution in [0.2, 0.25) is 0 Å². The highest BCUT2D eigenvalue weighted by molar-refractivity contribution is 4.89. The minimum absolute atomic E-state index is 0.221. The number of hydrogen-bond acceptors (Lipinski definition) is 6. The highest BCUT2D eigenvalue weighted by Crippen LogP contribution is 2.21. The van der Waals surface area contributed by atoms with Gasteiger partial charge in [-0.25, -0.2) is 0 Å². The summed E-state index contributed by atoms with van der Waals surface area (Å²) >= 11 is 0. The summed E-state index contributed by atoms with van der Waals surface area (Å²) in [6, 6.07) is 0. The third-order valence-corrected chi connectivity index (χ3v) is 2.44. The second-order valence-electron chi connectivity index (χ2n) is 3.60. The fraction of sp³-hybridized carbons (Fsp3) is 0.800. The lowest BCUT2D eigenvalue weighted by Gasteiger charge is -2.39. The van der Waals surface area contributed by atoms with Crippen molar-refractivity contribution in [3.63, 3.8) is 0 Å². The van der Waals surface area contributed by atoms with Gasteiger partial charge in [0.15, 0.2) is 6.29 Å². The van der Waals surface area contributed by atoms with Gasteiger partial charge in [-0.3, -0.25) is 0 Å². The Morgan fingerprint density at radius 1 is 1.19 bits per heavy atom. The van der Waals surface area contributed by atoms with Crippen LogP contribution >= 0.6 is 0 Å². The van der Waals surface area contributed by atoms with Gasteiger partial charge >= 0.3 is 0 Å². The lowest BCUT2D eigenvalue weighted by Crippen LogP contribution is -2.59. The van der Waals surface area contributed by atoms with E-state index in [2.05, 4.69) is 0 Å². The van der Waals surface area contributed by atoms with Crippen LogP contribution in [-0.2, 0) is 9.47 Å². The van der Waals surface area contributed by atoms with Gasteiger partial charge in [0.2, 0.25) is 0 Å². The Balaban J connectivity index is 2.56. The van der Waals surface area contributed by atoms with Crippen LogP contribution in [0, 0.1) is 0 Å². The molecule has 0 bridgehead atoms. The molecular weight excluding hydrogens is 216 g/mol. The maximum Gasteiger partial charge on any atom is 0.187 e. The zero-order valence-electron chi connectivity index (χ0n) is 9.06. The van der Waals surface area contributed by atoms with E-state index in [-0.39, 0.29) is 6.61 Å². The van der Waals surface area contributed by atoms with E-state index < -0.39 is 37.3 Å². The number of aliphatic hydroxyl groups excluding tert-OH is 4. The number of ether oxygens (including phenoxy) is 2. The first-order valence-corrected chi connectivity index (χ1v) is 5.15. The SMILES string of the molecule is CC=CCOC1O[C@H](CO)[C@@H](O)[C@H](O)[C@H]1O. The first-order chi connectivity index (χ1) is 7.61. The number of rotatable bonds is 4. The molecule has 1 aliphatic heterocycles. The van der Waals surface area contributed by atoms with Gasteiger partial charge in [-0.2, -0.15) is 0 Å². The van der Waals surface area contributed by atoms with Crippen molar-refractivity contribution in [2.45, 2.75) is 37.6 Å². The van der Waals surface area contributed by atoms with E-state index in [1.54, 1.807) is 12.2 Å². The summed E-state index contributed by atoms with van der Waals surface area (Å²) in [6.07, 6.45) is -2.56. The molecule has 0 radical (unpaired) electrons. The van der Waals surface area contributed by atoms with Gasteiger partial charge in [-0.05, 0) is 6.92 Å². The molecule has 6 heteroatoms. The second kappa shape index (κ2) is 6.29. The Kier molecular flexibility index (Phi) is 5.33. The molecule has 6 nitrogen and oxygen atoms in total. The molecule has 4 N–H and O–H groups in total. The molecule has 1 unspecified atom stereocenters. The fourth-order valence-electron chi connectivity index (χ4n) is 1.45. The van der Waals surface area contributed by atoms with Crippen LogP contribution in [0.25, 0.3) is 0 Å². The molecule has 0 aliphatic carbocycles. The minimum atomic E-state index is -1.39. The third-order valence-electron chi connectivity index (χ3n) is 2.44. The van der Waals surface area contributed by atoms with Crippen LogP contribution in [-0.4, -0.2) is 64.3 Å². The smallest absolute Gasteiger partial charge is 0.187 e. The lowest BCUT2D eigenvalue weighted by atomic mass is 9.99. The number of hydrogen-bond donors (Lipinski definition) is 4. The van der Waals surface area contributed by atoms with Crippen molar-refractivity contribution in [2.75, 3.05) is 13.2 Å². The minimum Gasteiger partial charge on any atom is -0.394 e. The van der Waals surface area contributed by atoms with Crippen LogP contribution in [0.4, 0.5) is 0 Å². The lowest BCUT2D eigenvalue weighted by molar-refractivity contribution is -0.298. The predicted molar refractivity (Wildman–Crippen MR) is 54.5 cm³/mol. The molecule has 1 rings (SSSR count). The van der Waals surface area contributed by atoms with Gasteiger partial charge in [0.25, 0.3) is 0 Å². The normalized spacial score (nSPS) is 40.4. The van der Waals surface area contributed by atoms with E-state index in [9.17, 15) is 15.3 Å². The van der Waals surface area contributed by atoms with Crippen molar-refractivity contribution >= 4 is 0 Å². The second-order valence-corrected chi connectivity index (χ2v) is 3.60. The molecule has 0 amide bonds. The van der Waals surface area contributed by atoms with Crippen LogP contribution in [0.3, 0.4) is 0 Å². The fourth-order valence-corrected chi connectivity index (χ4v) is 1.45. The van der Waals surface area contributed by atoms with Crippen molar-refractivity contribution < 1.29 is 29.9 Å². The Morgan fingerprint density at radius 3 is 2.44 bits per heavy atom. The van der Waals surface area contributed by atoms with E-state index in [0.29, 0.717) is 0 Å². The van der Waals surface area contributed by atoms with E-state index >= 15 is 0 Å². The molecule has 16 heavy (non-hydrogen) atoms. The zero-order chi connectivity index (χ0) is 12.1. The molecule has 5 atom stereocenters. The maximum absolute atomic E-state index is 9.55. The van der Waals surface area contributed by atoms with Gasteiger partial charge in [-0.1, -0.05) is 12.2 Å². The molecule has 0 aromatic rings. The van der Waals surface area contributed by atoms with Crippen molar-refractivity contribution in [2.24, 2.45) is 0 Å². The van der Waals surface area contributed by atoms with Crippen molar-refractivity contribution in [3.8, 4) is 0 Å². The monoisotopic (exact) mass is 234 g/mol. The van der Waals surface area contributed by atoms with Gasteiger partial charge in [-0.15, -0.1) is 0 Å². The van der Waals surface area contributed by atoms with Crippen LogP contribution in [0.5, 0.6) is 0 Å². The molecule has 0 aromatic heterocycles. The first kappa shape index (κ1) is 13.6. The van der Waals surface area contributed by atoms with Gasteiger partial charge in [0.1, 0.15) is 24.4 Å². The molecule has 0 saturated carbocycles. The largest absolute Gasteiger partial charge is 0.394 e. The summed E-state index contributed by atoms with van der Waals surface area (Å²) in [5.74, 6) is 0. The quantitative estimate of drug-likeness (QED) is 0.436. The third kappa shape index (κ3) is 3.00. The molecule has 1 heterocycles. The van der Waals surface area contributed by atoms with Gasteiger partial charge in [0, 0.05) is 0 Å². The summed E-state index contributed by atoms with van der Waals surface area (Å²) in [5, 5.41) is 37.4. The average molecular weight is 234 g/mol. The van der Waals surface area contributed by atoms with E-state index in [0.717, 1.165) is 0 Å². The van der Waals surface area contributed by atoms with E-state index in [1.165, 1.54) is 0 Å². The highest BCUT2D eigenvalue weighted by atomic mass is 16.7. The van der Waals surface area contributed by atoms with Gasteiger partial charge in [0.05, 0.1) is 13.2 Å². The van der Waals surface area contributed by atoms with Crippen molar-refractivity contribution in [3.05, 3.63) is 12.2 Å². The van der Waals surface area contributed by atoms with E-state index in [4.69, 9.17) is 14.6 Å². The molecule has 0 spiro atoms. The van der Waals surface area contributed by atoms with Gasteiger partial charge < -0.3 is 29.9 Å². The summed E-state index contributed by atoms with van der Waals surface area (Å²) in [6.45, 7) is 1.59. The molecular formula is C10H18O6. The first-order valence-electron chi connectivity index (χ1n) is 5.15. The Hall–Kier alpha value is -0.500. The number of aliphatic hydroxyl groups is 4. The van der Waals surface area contributed by atoms with Crippen LogP contribution in [0.15, 0.2) is 12.2 Å². The van der Waals surface area contributed by atoms with Crippen molar-refractivity contribution in [1.82, 2.24) is 0 Å². The molecule has 1 saturated heterocycles. The zero-order valence-corrected chi connectivity index (χ0v) is 9.06. The Bertz CT molecular complexity index is 229. The number of allylic oxidation sites excluding steroid dienone is 1. The van der Waals surface area contributed by atoms with Crippen LogP contribution in [0.1, 0.15) is 6.92 Å². The summed E-state index contributed by atoms with van der Waals surface area (Å²) in [7, 11) is 0. The Labute approximate surface area is 93.7 Å². The average Bonchev–Trinajstić information content (AvgIpc) is 2.29. The van der Waals surface area contributed by atoms with Crippen molar-refractivity contribution in [1.29, 1.82) is 0 Å². The molecule has 94 valence electrons. The highest BCUT2D eigenvalue weighted by Gasteiger charge is 2.43. The van der Waals surface area contributed by atoms with Crippen LogP contribution < -0.4 is 0 Å². The maximum atomic E-state index is 9.55. The molecule has 0 aromatic carbocycles. The summed E-state index contributed by atoms with van der Waals surface area (Å²) < 4.78 is 10.3. The summed E-state index contributed by atoms with van der Waals surface area (Å²) in [4.78, 5) is 0. The summed E-state index contributed by atoms with van der Waals surface area (Å²) in [5.41, 5.74) is 0. The molecule has 1 fully saturated rings.